The summed E-state index contributed by atoms with van der Waals surface area (Å²) < 4.78 is 24.6. The minimum absolute atomic E-state index is 0.200. The molecule has 0 atom stereocenters. The summed E-state index contributed by atoms with van der Waals surface area (Å²) in [6, 6.07) is 1.61. The van der Waals surface area contributed by atoms with E-state index in [1.54, 1.807) is 6.07 Å². The summed E-state index contributed by atoms with van der Waals surface area (Å²) in [5.41, 5.74) is -2.16. The number of aromatic nitrogens is 1. The Balaban J connectivity index is 3.43. The number of alkyl halides is 2. The first kappa shape index (κ1) is 11.8. The first-order chi connectivity index (χ1) is 7.49. The summed E-state index contributed by atoms with van der Waals surface area (Å²) in [5, 5.41) is 28.2. The number of halogens is 2. The van der Waals surface area contributed by atoms with Crippen LogP contribution in [0.4, 0.5) is 14.5 Å². The molecule has 8 heteroatoms. The predicted octanol–water partition coefficient (Wildman–Crippen LogP) is 1.70. The summed E-state index contributed by atoms with van der Waals surface area (Å²) >= 11 is 0. The van der Waals surface area contributed by atoms with Gasteiger partial charge in [0.05, 0.1) is 23.0 Å². The van der Waals surface area contributed by atoms with Gasteiger partial charge in [-0.15, -0.1) is 0 Å². The number of nitriles is 1. The van der Waals surface area contributed by atoms with Gasteiger partial charge in [-0.05, 0) is 0 Å². The number of hydrogen-bond acceptors (Lipinski definition) is 5. The molecule has 0 unspecified atom stereocenters. The molecule has 1 N–H and O–H groups in total. The van der Waals surface area contributed by atoms with Crippen LogP contribution in [0.25, 0.3) is 0 Å². The van der Waals surface area contributed by atoms with E-state index in [4.69, 9.17) is 5.26 Å². The van der Waals surface area contributed by atoms with Gasteiger partial charge in [-0.25, -0.2) is 8.78 Å². The monoisotopic (exact) mass is 229 g/mol. The Morgan fingerprint density at radius 3 is 2.75 bits per heavy atom. The smallest absolute Gasteiger partial charge is 0.318 e. The van der Waals surface area contributed by atoms with Crippen molar-refractivity contribution in [3.05, 3.63) is 27.6 Å². The fourth-order valence-corrected chi connectivity index (χ4v) is 1.12. The van der Waals surface area contributed by atoms with E-state index in [2.05, 4.69) is 4.98 Å². The highest BCUT2D eigenvalue weighted by Crippen LogP contribution is 2.36. The molecular formula is C8H5F2N3O3. The SMILES string of the molecule is N#CCc1cnc(C(F)F)c(O)c1[N+](=O)[O-]. The van der Waals surface area contributed by atoms with Crippen molar-refractivity contribution in [1.29, 1.82) is 5.26 Å². The zero-order valence-electron chi connectivity index (χ0n) is 7.72. The Bertz CT molecular complexity index is 470. The molecule has 16 heavy (non-hydrogen) atoms. The predicted molar refractivity (Wildman–Crippen MR) is 46.8 cm³/mol. The van der Waals surface area contributed by atoms with Crippen LogP contribution in [0.5, 0.6) is 5.75 Å². The Hall–Kier alpha value is -2.30. The van der Waals surface area contributed by atoms with Crippen LogP contribution in [0, 0.1) is 21.4 Å². The molecule has 0 aliphatic rings. The normalized spacial score (nSPS) is 10.1. The van der Waals surface area contributed by atoms with Gasteiger partial charge in [0.1, 0.15) is 0 Å². The lowest BCUT2D eigenvalue weighted by molar-refractivity contribution is -0.386. The van der Waals surface area contributed by atoms with E-state index in [0.717, 1.165) is 6.20 Å². The van der Waals surface area contributed by atoms with E-state index in [-0.39, 0.29) is 12.0 Å². The van der Waals surface area contributed by atoms with E-state index < -0.39 is 28.5 Å². The minimum atomic E-state index is -3.12. The van der Waals surface area contributed by atoms with E-state index in [9.17, 15) is 24.0 Å². The summed E-state index contributed by atoms with van der Waals surface area (Å²) in [7, 11) is 0. The third-order valence-corrected chi connectivity index (χ3v) is 1.79. The molecule has 0 aliphatic carbocycles. The number of pyridine rings is 1. The van der Waals surface area contributed by atoms with Crippen molar-refractivity contribution in [2.24, 2.45) is 0 Å². The lowest BCUT2D eigenvalue weighted by Gasteiger charge is -2.05. The average Bonchev–Trinajstić information content (AvgIpc) is 2.17. The molecule has 1 aromatic rings. The fraction of sp³-hybridized carbons (Fsp3) is 0.250. The van der Waals surface area contributed by atoms with E-state index in [1.807, 2.05) is 0 Å². The van der Waals surface area contributed by atoms with Crippen LogP contribution in [-0.4, -0.2) is 15.0 Å². The van der Waals surface area contributed by atoms with Crippen molar-refractivity contribution in [2.75, 3.05) is 0 Å². The van der Waals surface area contributed by atoms with Gasteiger partial charge in [-0.3, -0.25) is 15.1 Å². The number of rotatable bonds is 3. The molecule has 1 heterocycles. The number of hydrogen-bond donors (Lipinski definition) is 1. The maximum atomic E-state index is 12.3. The van der Waals surface area contributed by atoms with Gasteiger partial charge in [-0.1, -0.05) is 0 Å². The maximum absolute atomic E-state index is 12.3. The average molecular weight is 229 g/mol. The molecule has 0 bridgehead atoms. The van der Waals surface area contributed by atoms with Crippen molar-refractivity contribution in [3.63, 3.8) is 0 Å². The number of nitrogens with zero attached hydrogens (tertiary/aromatic N) is 3. The van der Waals surface area contributed by atoms with Gasteiger partial charge in [0.25, 0.3) is 6.43 Å². The van der Waals surface area contributed by atoms with Crippen molar-refractivity contribution in [2.45, 2.75) is 12.8 Å². The van der Waals surface area contributed by atoms with Crippen molar-refractivity contribution < 1.29 is 18.8 Å². The zero-order valence-corrected chi connectivity index (χ0v) is 7.72. The molecule has 0 fully saturated rings. The summed E-state index contributed by atoms with van der Waals surface area (Å²) in [6.07, 6.45) is -2.71. The van der Waals surface area contributed by atoms with Crippen LogP contribution >= 0.6 is 0 Å². The molecular weight excluding hydrogens is 224 g/mol. The Morgan fingerprint density at radius 2 is 2.31 bits per heavy atom. The molecule has 0 radical (unpaired) electrons. The zero-order chi connectivity index (χ0) is 12.3. The summed E-state index contributed by atoms with van der Waals surface area (Å²) in [5.74, 6) is -1.19. The van der Waals surface area contributed by atoms with Crippen LogP contribution in [0.15, 0.2) is 6.20 Å². The molecule has 84 valence electrons. The molecule has 0 aliphatic heterocycles. The largest absolute Gasteiger partial charge is 0.501 e. The van der Waals surface area contributed by atoms with Crippen molar-refractivity contribution in [1.82, 2.24) is 4.98 Å². The highest BCUT2D eigenvalue weighted by atomic mass is 19.3. The van der Waals surface area contributed by atoms with Gasteiger partial charge in [0, 0.05) is 6.20 Å². The molecule has 0 amide bonds. The van der Waals surface area contributed by atoms with Gasteiger partial charge in [0.15, 0.2) is 5.69 Å². The lowest BCUT2D eigenvalue weighted by Crippen LogP contribution is -2.01. The quantitative estimate of drug-likeness (QED) is 0.627. The highest BCUT2D eigenvalue weighted by molar-refractivity contribution is 5.54. The lowest BCUT2D eigenvalue weighted by atomic mass is 10.1. The molecule has 0 spiro atoms. The van der Waals surface area contributed by atoms with Gasteiger partial charge in [0.2, 0.25) is 5.75 Å². The Labute approximate surface area is 87.9 Å². The first-order valence-electron chi connectivity index (χ1n) is 3.99. The molecule has 1 rings (SSSR count). The fourth-order valence-electron chi connectivity index (χ4n) is 1.12. The van der Waals surface area contributed by atoms with Crippen LogP contribution in [0.2, 0.25) is 0 Å². The molecule has 1 aromatic heterocycles. The van der Waals surface area contributed by atoms with Crippen LogP contribution < -0.4 is 0 Å². The van der Waals surface area contributed by atoms with Crippen molar-refractivity contribution >= 4 is 5.69 Å². The topological polar surface area (TPSA) is 100 Å². The van der Waals surface area contributed by atoms with Gasteiger partial charge < -0.3 is 5.11 Å². The Morgan fingerprint density at radius 1 is 1.69 bits per heavy atom. The van der Waals surface area contributed by atoms with Crippen LogP contribution in [-0.2, 0) is 6.42 Å². The minimum Gasteiger partial charge on any atom is -0.501 e. The highest BCUT2D eigenvalue weighted by Gasteiger charge is 2.27. The number of aromatic hydroxyl groups is 1. The van der Waals surface area contributed by atoms with Gasteiger partial charge in [-0.2, -0.15) is 5.26 Å². The first-order valence-corrected chi connectivity index (χ1v) is 3.99. The Kier molecular flexibility index (Phi) is 3.30. The standard InChI is InChI=1S/C8H5F2N3O3/c9-8(10)5-7(14)6(13(15)16)4(1-2-11)3-12-5/h3,8,14H,1H2. The van der Waals surface area contributed by atoms with Crippen molar-refractivity contribution in [3.8, 4) is 11.8 Å². The molecule has 6 nitrogen and oxygen atoms in total. The molecule has 0 saturated heterocycles. The van der Waals surface area contributed by atoms with Crippen LogP contribution in [0.3, 0.4) is 0 Å². The second-order valence-electron chi connectivity index (χ2n) is 2.76. The van der Waals surface area contributed by atoms with E-state index in [1.165, 1.54) is 0 Å². The van der Waals surface area contributed by atoms with Gasteiger partial charge >= 0.3 is 5.69 Å². The third-order valence-electron chi connectivity index (χ3n) is 1.79. The third kappa shape index (κ3) is 2.03. The second kappa shape index (κ2) is 4.48. The summed E-state index contributed by atoms with van der Waals surface area (Å²) in [4.78, 5) is 12.7. The van der Waals surface area contributed by atoms with Crippen LogP contribution in [0.1, 0.15) is 17.7 Å². The van der Waals surface area contributed by atoms with E-state index in [0.29, 0.717) is 0 Å². The molecule has 0 aromatic carbocycles. The summed E-state index contributed by atoms with van der Waals surface area (Å²) in [6.45, 7) is 0. The maximum Gasteiger partial charge on any atom is 0.318 e. The molecule has 0 saturated carbocycles. The van der Waals surface area contributed by atoms with E-state index >= 15 is 0 Å². The second-order valence-corrected chi connectivity index (χ2v) is 2.76. The number of nitro groups is 1.